The molecule has 180 valence electrons. The summed E-state index contributed by atoms with van der Waals surface area (Å²) in [5.74, 6) is -0.875. The summed E-state index contributed by atoms with van der Waals surface area (Å²) in [5, 5.41) is 11.6. The first kappa shape index (κ1) is 29.8. The molecule has 0 atom stereocenters. The standard InChI is InChI=1S/C10H23N.C8H8O2.C7H8O3S/c1-3-4-5-6-7-8-9-10-11-2;1-6-2-4-7(5-3-6)8(9)10;1-6-2-4-7(5-3-6)11(8,9)10/h11H,3-10H2,1-2H3;2-5H,1H3,(H,9,10);2-5H,1H3,(H,8,9,10). The van der Waals surface area contributed by atoms with Crippen molar-refractivity contribution in [1.29, 1.82) is 0 Å². The minimum atomic E-state index is -4.02. The number of unbranched alkanes of at least 4 members (excludes halogenated alkanes) is 6. The zero-order valence-corrected chi connectivity index (χ0v) is 20.6. The molecule has 2 aromatic rings. The third kappa shape index (κ3) is 15.6. The fourth-order valence-corrected chi connectivity index (χ4v) is 3.15. The molecule has 6 nitrogen and oxygen atoms in total. The summed E-state index contributed by atoms with van der Waals surface area (Å²) < 4.78 is 29.6. The number of aryl methyl sites for hydroxylation is 2. The second-order valence-electron chi connectivity index (χ2n) is 7.68. The molecule has 32 heavy (non-hydrogen) atoms. The van der Waals surface area contributed by atoms with Gasteiger partial charge in [-0.1, -0.05) is 80.8 Å². The quantitative estimate of drug-likeness (QED) is 0.298. The number of rotatable bonds is 10. The van der Waals surface area contributed by atoms with Crippen LogP contribution in [0.25, 0.3) is 0 Å². The molecule has 0 radical (unpaired) electrons. The first-order valence-electron chi connectivity index (χ1n) is 11.1. The van der Waals surface area contributed by atoms with Crippen molar-refractivity contribution < 1.29 is 22.9 Å². The van der Waals surface area contributed by atoms with Crippen molar-refractivity contribution in [2.24, 2.45) is 0 Å². The Morgan fingerprint density at radius 3 is 1.66 bits per heavy atom. The van der Waals surface area contributed by atoms with E-state index in [1.165, 1.54) is 63.6 Å². The molecule has 0 unspecified atom stereocenters. The SMILES string of the molecule is CCCCCCCCCNC.Cc1ccc(C(=O)O)cc1.Cc1ccc(S(=O)(=O)O)cc1. The molecule has 0 amide bonds. The molecule has 0 fully saturated rings. The number of carboxylic acids is 1. The molecule has 7 heteroatoms. The lowest BCUT2D eigenvalue weighted by Crippen LogP contribution is -2.06. The monoisotopic (exact) mass is 465 g/mol. The summed E-state index contributed by atoms with van der Waals surface area (Å²) in [5.41, 5.74) is 2.37. The predicted octanol–water partition coefficient (Wildman–Crippen LogP) is 5.89. The van der Waals surface area contributed by atoms with Crippen LogP contribution in [0, 0.1) is 13.8 Å². The molecule has 0 bridgehead atoms. The van der Waals surface area contributed by atoms with Crippen molar-refractivity contribution in [2.75, 3.05) is 13.6 Å². The van der Waals surface area contributed by atoms with Gasteiger partial charge in [-0.2, -0.15) is 8.42 Å². The van der Waals surface area contributed by atoms with E-state index in [0.717, 1.165) is 11.1 Å². The molecule has 0 aliphatic carbocycles. The van der Waals surface area contributed by atoms with Crippen molar-refractivity contribution in [3.8, 4) is 0 Å². The number of benzene rings is 2. The van der Waals surface area contributed by atoms with Crippen LogP contribution in [-0.4, -0.2) is 37.6 Å². The fraction of sp³-hybridized carbons (Fsp3) is 0.480. The first-order valence-corrected chi connectivity index (χ1v) is 12.5. The Kier molecular flexibility index (Phi) is 16.1. The van der Waals surface area contributed by atoms with Crippen molar-refractivity contribution in [2.45, 2.75) is 70.6 Å². The van der Waals surface area contributed by atoms with E-state index in [1.807, 2.05) is 20.9 Å². The van der Waals surface area contributed by atoms with E-state index in [1.54, 1.807) is 36.4 Å². The summed E-state index contributed by atoms with van der Waals surface area (Å²) >= 11 is 0. The van der Waals surface area contributed by atoms with Crippen LogP contribution < -0.4 is 5.32 Å². The van der Waals surface area contributed by atoms with Crippen LogP contribution in [0.2, 0.25) is 0 Å². The molecular formula is C25H39NO5S. The minimum absolute atomic E-state index is 0.0666. The van der Waals surface area contributed by atoms with Gasteiger partial charge >= 0.3 is 5.97 Å². The van der Waals surface area contributed by atoms with E-state index in [4.69, 9.17) is 9.66 Å². The summed E-state index contributed by atoms with van der Waals surface area (Å²) in [6.07, 6.45) is 9.85. The Bertz CT molecular complexity index is 839. The van der Waals surface area contributed by atoms with Gasteiger partial charge in [0, 0.05) is 0 Å². The number of aromatic carboxylic acids is 1. The second-order valence-corrected chi connectivity index (χ2v) is 9.11. The maximum atomic E-state index is 10.5. The zero-order chi connectivity index (χ0) is 24.4. The molecule has 2 aromatic carbocycles. The van der Waals surface area contributed by atoms with Crippen molar-refractivity contribution in [3.05, 3.63) is 65.2 Å². The van der Waals surface area contributed by atoms with Crippen LogP contribution in [-0.2, 0) is 10.1 Å². The second kappa shape index (κ2) is 17.3. The summed E-state index contributed by atoms with van der Waals surface area (Å²) in [4.78, 5) is 10.2. The van der Waals surface area contributed by atoms with Gasteiger partial charge in [-0.3, -0.25) is 4.55 Å². The fourth-order valence-electron chi connectivity index (χ4n) is 2.67. The van der Waals surface area contributed by atoms with Gasteiger partial charge < -0.3 is 10.4 Å². The maximum absolute atomic E-state index is 10.5. The summed E-state index contributed by atoms with van der Waals surface area (Å²) in [6, 6.07) is 12.7. The number of carbonyl (C=O) groups is 1. The highest BCUT2D eigenvalue weighted by atomic mass is 32.2. The highest BCUT2D eigenvalue weighted by molar-refractivity contribution is 7.85. The molecular weight excluding hydrogens is 426 g/mol. The average molecular weight is 466 g/mol. The van der Waals surface area contributed by atoms with Crippen LogP contribution in [0.3, 0.4) is 0 Å². The molecule has 3 N–H and O–H groups in total. The largest absolute Gasteiger partial charge is 0.478 e. The van der Waals surface area contributed by atoms with Crippen molar-refractivity contribution in [3.63, 3.8) is 0 Å². The highest BCUT2D eigenvalue weighted by Gasteiger charge is 2.06. The van der Waals surface area contributed by atoms with Gasteiger partial charge in [-0.25, -0.2) is 4.79 Å². The van der Waals surface area contributed by atoms with Gasteiger partial charge in [-0.05, 0) is 58.1 Å². The number of hydrogen-bond acceptors (Lipinski definition) is 4. The van der Waals surface area contributed by atoms with E-state index in [9.17, 15) is 13.2 Å². The molecule has 0 aliphatic heterocycles. The van der Waals surface area contributed by atoms with Gasteiger partial charge in [0.25, 0.3) is 10.1 Å². The summed E-state index contributed by atoms with van der Waals surface area (Å²) in [7, 11) is -1.99. The van der Waals surface area contributed by atoms with Crippen LogP contribution >= 0.6 is 0 Å². The van der Waals surface area contributed by atoms with Crippen LogP contribution in [0.4, 0.5) is 0 Å². The smallest absolute Gasteiger partial charge is 0.335 e. The Balaban J connectivity index is 0.000000451. The van der Waals surface area contributed by atoms with Crippen LogP contribution in [0.1, 0.15) is 73.4 Å². The van der Waals surface area contributed by atoms with E-state index in [-0.39, 0.29) is 4.90 Å². The molecule has 0 spiro atoms. The number of carboxylic acid groups (broad SMARTS) is 1. The Morgan fingerprint density at radius 1 is 0.812 bits per heavy atom. The third-order valence-corrected chi connectivity index (χ3v) is 5.52. The van der Waals surface area contributed by atoms with E-state index in [2.05, 4.69) is 12.2 Å². The van der Waals surface area contributed by atoms with Gasteiger partial charge in [0.1, 0.15) is 0 Å². The van der Waals surface area contributed by atoms with E-state index < -0.39 is 16.1 Å². The summed E-state index contributed by atoms with van der Waals surface area (Å²) in [6.45, 7) is 7.22. The molecule has 0 saturated carbocycles. The third-order valence-electron chi connectivity index (χ3n) is 4.65. The molecule has 2 rings (SSSR count). The molecule has 0 aromatic heterocycles. The van der Waals surface area contributed by atoms with Gasteiger partial charge in [-0.15, -0.1) is 0 Å². The topological polar surface area (TPSA) is 104 Å². The van der Waals surface area contributed by atoms with E-state index >= 15 is 0 Å². The minimum Gasteiger partial charge on any atom is -0.478 e. The van der Waals surface area contributed by atoms with Crippen molar-refractivity contribution in [1.82, 2.24) is 5.32 Å². The van der Waals surface area contributed by atoms with Crippen LogP contribution in [0.5, 0.6) is 0 Å². The lowest BCUT2D eigenvalue weighted by Gasteiger charge is -1.99. The van der Waals surface area contributed by atoms with Crippen LogP contribution in [0.15, 0.2) is 53.4 Å². The number of nitrogens with one attached hydrogen (secondary N) is 1. The zero-order valence-electron chi connectivity index (χ0n) is 19.8. The Labute approximate surface area is 193 Å². The van der Waals surface area contributed by atoms with E-state index in [0.29, 0.717) is 5.56 Å². The molecule has 0 saturated heterocycles. The maximum Gasteiger partial charge on any atom is 0.335 e. The first-order chi connectivity index (χ1) is 15.1. The lowest BCUT2D eigenvalue weighted by molar-refractivity contribution is 0.0697. The number of hydrogen-bond donors (Lipinski definition) is 3. The van der Waals surface area contributed by atoms with Crippen molar-refractivity contribution >= 4 is 16.1 Å². The molecule has 0 aliphatic rings. The average Bonchev–Trinajstić information content (AvgIpc) is 2.74. The Morgan fingerprint density at radius 2 is 1.25 bits per heavy atom. The van der Waals surface area contributed by atoms with Gasteiger partial charge in [0.2, 0.25) is 0 Å². The molecule has 0 heterocycles. The normalized spacial score (nSPS) is 10.4. The van der Waals surface area contributed by atoms with Gasteiger partial charge in [0.15, 0.2) is 0 Å². The Hall–Kier alpha value is -2.22. The highest BCUT2D eigenvalue weighted by Crippen LogP contribution is 2.08. The van der Waals surface area contributed by atoms with Gasteiger partial charge in [0.05, 0.1) is 10.5 Å². The lowest BCUT2D eigenvalue weighted by atomic mass is 10.1. The predicted molar refractivity (Wildman–Crippen MR) is 131 cm³/mol.